The highest BCUT2D eigenvalue weighted by Crippen LogP contribution is 2.35. The number of benzene rings is 1. The molecule has 4 nitrogen and oxygen atoms in total. The summed E-state index contributed by atoms with van der Waals surface area (Å²) in [4.78, 5) is 17.8. The average molecular weight is 498 g/mol. The molecule has 1 unspecified atom stereocenters. The van der Waals surface area contributed by atoms with Gasteiger partial charge in [0, 0.05) is 37.6 Å². The third-order valence-corrected chi connectivity index (χ3v) is 7.01. The smallest absolute Gasteiger partial charge is 0.345 e. The molecule has 2 aromatic rings. The van der Waals surface area contributed by atoms with Gasteiger partial charge in [0.05, 0.1) is 16.6 Å². The van der Waals surface area contributed by atoms with E-state index in [4.69, 9.17) is 0 Å². The Morgan fingerprint density at radius 3 is 2.47 bits per heavy atom. The zero-order valence-electron chi connectivity index (χ0n) is 17.0. The number of carbonyl (C=O) groups excluding carboxylic acids is 1. The molecule has 0 saturated carbocycles. The molecule has 3 rings (SSSR count). The SMILES string of the molecule is CC(NC(=O)c1sc(CCN2CCSCC2)nc1C(F)(F)F)c1cccc(C(F)(F)F)c1. The van der Waals surface area contributed by atoms with Gasteiger partial charge in [0.15, 0.2) is 5.69 Å². The lowest BCUT2D eigenvalue weighted by atomic mass is 10.0. The average Bonchev–Trinajstić information content (AvgIpc) is 3.18. The van der Waals surface area contributed by atoms with Crippen molar-refractivity contribution in [3.05, 3.63) is 51.0 Å². The topological polar surface area (TPSA) is 45.2 Å². The Morgan fingerprint density at radius 2 is 1.84 bits per heavy atom. The lowest BCUT2D eigenvalue weighted by Crippen LogP contribution is -2.34. The maximum Gasteiger partial charge on any atom is 0.435 e. The second-order valence-electron chi connectivity index (χ2n) is 7.31. The van der Waals surface area contributed by atoms with Crippen LogP contribution < -0.4 is 5.32 Å². The van der Waals surface area contributed by atoms with Gasteiger partial charge in [0.25, 0.3) is 5.91 Å². The van der Waals surface area contributed by atoms with Gasteiger partial charge in [-0.2, -0.15) is 38.1 Å². The molecule has 1 saturated heterocycles. The lowest BCUT2D eigenvalue weighted by molar-refractivity contribution is -0.141. The van der Waals surface area contributed by atoms with Crippen LogP contribution in [0.1, 0.15) is 44.5 Å². The second kappa shape index (κ2) is 10.0. The van der Waals surface area contributed by atoms with Crippen molar-refractivity contribution in [1.29, 1.82) is 0 Å². The van der Waals surface area contributed by atoms with E-state index in [1.165, 1.54) is 19.1 Å². The predicted molar refractivity (Wildman–Crippen MR) is 112 cm³/mol. The molecule has 1 fully saturated rings. The maximum atomic E-state index is 13.5. The molecular weight excluding hydrogens is 476 g/mol. The van der Waals surface area contributed by atoms with Gasteiger partial charge in [-0.3, -0.25) is 4.79 Å². The highest BCUT2D eigenvalue weighted by atomic mass is 32.2. The standard InChI is InChI=1S/C20H21F6N3OS2/c1-12(13-3-2-4-14(11-13)19(21,22)23)27-18(30)16-17(20(24,25)26)28-15(32-16)5-6-29-7-9-31-10-8-29/h2-4,11-12H,5-10H2,1H3,(H,27,30). The third kappa shape index (κ3) is 6.38. The summed E-state index contributed by atoms with van der Waals surface area (Å²) in [6, 6.07) is 3.38. The van der Waals surface area contributed by atoms with E-state index in [0.717, 1.165) is 36.7 Å². The van der Waals surface area contributed by atoms with Gasteiger partial charge in [-0.05, 0) is 24.6 Å². The molecule has 1 aromatic carbocycles. The Morgan fingerprint density at radius 1 is 1.16 bits per heavy atom. The van der Waals surface area contributed by atoms with E-state index < -0.39 is 40.4 Å². The number of halogens is 6. The quantitative estimate of drug-likeness (QED) is 0.553. The highest BCUT2D eigenvalue weighted by Gasteiger charge is 2.40. The molecule has 176 valence electrons. The number of hydrogen-bond acceptors (Lipinski definition) is 5. The van der Waals surface area contributed by atoms with Crippen LogP contribution in [0.3, 0.4) is 0 Å². The number of carbonyl (C=O) groups is 1. The molecule has 1 N–H and O–H groups in total. The first-order valence-electron chi connectivity index (χ1n) is 9.80. The molecule has 0 radical (unpaired) electrons. The van der Waals surface area contributed by atoms with Crippen LogP contribution in [0.2, 0.25) is 0 Å². The van der Waals surface area contributed by atoms with Gasteiger partial charge in [-0.1, -0.05) is 12.1 Å². The van der Waals surface area contributed by atoms with Crippen molar-refractivity contribution in [1.82, 2.24) is 15.2 Å². The summed E-state index contributed by atoms with van der Waals surface area (Å²) in [7, 11) is 0. The molecule has 1 aliphatic rings. The molecule has 1 aromatic heterocycles. The molecular formula is C20H21F6N3OS2. The number of rotatable bonds is 6. The minimum Gasteiger partial charge on any atom is -0.345 e. The maximum absolute atomic E-state index is 13.5. The molecule has 0 aliphatic carbocycles. The predicted octanol–water partition coefficient (Wildman–Crippen LogP) is 5.26. The van der Waals surface area contributed by atoms with E-state index in [0.29, 0.717) is 17.9 Å². The molecule has 0 bridgehead atoms. The third-order valence-electron chi connectivity index (χ3n) is 4.95. The Labute approximate surface area is 189 Å². The summed E-state index contributed by atoms with van der Waals surface area (Å²) in [6.45, 7) is 3.66. The number of aromatic nitrogens is 1. The van der Waals surface area contributed by atoms with Gasteiger partial charge in [-0.25, -0.2) is 4.98 Å². The van der Waals surface area contributed by atoms with Gasteiger partial charge >= 0.3 is 12.4 Å². The van der Waals surface area contributed by atoms with Crippen molar-refractivity contribution in [3.8, 4) is 0 Å². The van der Waals surface area contributed by atoms with Crippen molar-refractivity contribution < 1.29 is 31.1 Å². The largest absolute Gasteiger partial charge is 0.435 e. The van der Waals surface area contributed by atoms with Crippen LogP contribution in [-0.4, -0.2) is 46.9 Å². The fourth-order valence-corrected chi connectivity index (χ4v) is 5.18. The molecule has 1 aliphatic heterocycles. The number of nitrogens with zero attached hydrogens (tertiary/aromatic N) is 2. The van der Waals surface area contributed by atoms with Gasteiger partial charge < -0.3 is 10.2 Å². The summed E-state index contributed by atoms with van der Waals surface area (Å²) < 4.78 is 79.2. The number of alkyl halides is 6. The highest BCUT2D eigenvalue weighted by molar-refractivity contribution is 7.99. The zero-order chi connectivity index (χ0) is 23.5. The van der Waals surface area contributed by atoms with Crippen molar-refractivity contribution in [2.45, 2.75) is 31.7 Å². The van der Waals surface area contributed by atoms with Crippen LogP contribution >= 0.6 is 23.1 Å². The Kier molecular flexibility index (Phi) is 7.77. The summed E-state index contributed by atoms with van der Waals surface area (Å²) >= 11 is 2.49. The number of nitrogens with one attached hydrogen (secondary N) is 1. The summed E-state index contributed by atoms with van der Waals surface area (Å²) in [5.41, 5.74) is -2.03. The molecule has 12 heteroatoms. The van der Waals surface area contributed by atoms with Crippen molar-refractivity contribution in [2.24, 2.45) is 0 Å². The Bertz CT molecular complexity index is 938. The molecule has 32 heavy (non-hydrogen) atoms. The first-order chi connectivity index (χ1) is 14.9. The van der Waals surface area contributed by atoms with Crippen LogP contribution in [0.15, 0.2) is 24.3 Å². The molecule has 1 atom stereocenters. The van der Waals surface area contributed by atoms with Gasteiger partial charge in [0.2, 0.25) is 0 Å². The number of amides is 1. The Hall–Kier alpha value is -1.79. The number of thioether (sulfide) groups is 1. The fraction of sp³-hybridized carbons (Fsp3) is 0.500. The van der Waals surface area contributed by atoms with Crippen molar-refractivity contribution in [3.63, 3.8) is 0 Å². The minimum absolute atomic E-state index is 0.134. The number of thiazole rings is 1. The summed E-state index contributed by atoms with van der Waals surface area (Å²) in [5.74, 6) is 0.917. The van der Waals surface area contributed by atoms with E-state index in [-0.39, 0.29) is 17.0 Å². The number of hydrogen-bond donors (Lipinski definition) is 1. The monoisotopic (exact) mass is 497 g/mol. The lowest BCUT2D eigenvalue weighted by Gasteiger charge is -2.25. The minimum atomic E-state index is -4.82. The van der Waals surface area contributed by atoms with Crippen LogP contribution in [0.5, 0.6) is 0 Å². The molecule has 2 heterocycles. The van der Waals surface area contributed by atoms with Crippen LogP contribution in [0.4, 0.5) is 26.3 Å². The fourth-order valence-electron chi connectivity index (χ4n) is 3.23. The summed E-state index contributed by atoms with van der Waals surface area (Å²) in [5, 5.41) is 2.57. The van der Waals surface area contributed by atoms with E-state index in [1.807, 2.05) is 11.8 Å². The first-order valence-corrected chi connectivity index (χ1v) is 11.8. The van der Waals surface area contributed by atoms with E-state index in [2.05, 4.69) is 15.2 Å². The first kappa shape index (κ1) is 24.8. The van der Waals surface area contributed by atoms with Crippen molar-refractivity contribution in [2.75, 3.05) is 31.1 Å². The zero-order valence-corrected chi connectivity index (χ0v) is 18.6. The second-order valence-corrected chi connectivity index (χ2v) is 9.61. The van der Waals surface area contributed by atoms with Crippen LogP contribution in [0, 0.1) is 0 Å². The van der Waals surface area contributed by atoms with E-state index in [1.54, 1.807) is 0 Å². The Balaban J connectivity index is 1.75. The van der Waals surface area contributed by atoms with Gasteiger partial charge in [0.1, 0.15) is 4.88 Å². The van der Waals surface area contributed by atoms with Gasteiger partial charge in [-0.15, -0.1) is 11.3 Å². The normalized spacial score (nSPS) is 16.7. The van der Waals surface area contributed by atoms with E-state index >= 15 is 0 Å². The molecule has 0 spiro atoms. The molecule has 1 amide bonds. The van der Waals surface area contributed by atoms with Crippen LogP contribution in [-0.2, 0) is 18.8 Å². The summed E-state index contributed by atoms with van der Waals surface area (Å²) in [6.07, 6.45) is -9.10. The van der Waals surface area contributed by atoms with Crippen molar-refractivity contribution >= 4 is 29.0 Å². The van der Waals surface area contributed by atoms with Crippen LogP contribution in [0.25, 0.3) is 0 Å². The van der Waals surface area contributed by atoms with E-state index in [9.17, 15) is 31.1 Å².